The number of rotatable bonds is 2. The van der Waals surface area contributed by atoms with Gasteiger partial charge in [-0.3, -0.25) is 19.7 Å². The molecule has 2 bridgehead atoms. The second-order valence-electron chi connectivity index (χ2n) is 8.18. The number of carbonyl (C=O) groups is 2. The maximum absolute atomic E-state index is 13.7. The zero-order chi connectivity index (χ0) is 21.5. The van der Waals surface area contributed by atoms with Crippen LogP contribution in [-0.4, -0.2) is 21.8 Å². The lowest BCUT2D eigenvalue weighted by Crippen LogP contribution is -2.57. The zero-order valence-corrected chi connectivity index (χ0v) is 16.1. The Labute approximate surface area is 176 Å². The predicted octanol–water partition coefficient (Wildman–Crippen LogP) is 3.18. The molecule has 2 atom stereocenters. The Hall–Kier alpha value is -4.00. The van der Waals surface area contributed by atoms with Crippen LogP contribution in [0, 0.1) is 22.0 Å². The van der Waals surface area contributed by atoms with Crippen molar-refractivity contribution < 1.29 is 19.6 Å². The molecule has 1 N–H and O–H groups in total. The Kier molecular flexibility index (Phi) is 3.33. The second kappa shape index (κ2) is 5.78. The Morgan fingerprint density at radius 1 is 0.839 bits per heavy atom. The van der Waals surface area contributed by atoms with Crippen molar-refractivity contribution in [1.82, 2.24) is 0 Å². The van der Waals surface area contributed by atoms with Crippen molar-refractivity contribution in [2.75, 3.05) is 4.90 Å². The molecule has 0 aromatic heterocycles. The Bertz CT molecular complexity index is 1270. The van der Waals surface area contributed by atoms with Gasteiger partial charge in [0.25, 0.3) is 5.54 Å². The molecule has 4 aliphatic rings. The highest BCUT2D eigenvalue weighted by molar-refractivity contribution is 6.24. The number of amides is 2. The van der Waals surface area contributed by atoms with E-state index in [1.807, 2.05) is 12.1 Å². The first-order chi connectivity index (χ1) is 15.0. The van der Waals surface area contributed by atoms with Crippen molar-refractivity contribution in [3.63, 3.8) is 0 Å². The summed E-state index contributed by atoms with van der Waals surface area (Å²) in [4.78, 5) is 40.7. The van der Waals surface area contributed by atoms with Crippen LogP contribution in [0.2, 0.25) is 0 Å². The van der Waals surface area contributed by atoms with Crippen LogP contribution in [-0.2, 0) is 15.1 Å². The fraction of sp³-hybridized carbons (Fsp3) is 0.167. The van der Waals surface area contributed by atoms with Gasteiger partial charge in [-0.15, -0.1) is 0 Å². The van der Waals surface area contributed by atoms with Gasteiger partial charge in [-0.1, -0.05) is 60.7 Å². The summed E-state index contributed by atoms with van der Waals surface area (Å²) >= 11 is 0. The Morgan fingerprint density at radius 2 is 1.39 bits per heavy atom. The third-order valence-corrected chi connectivity index (χ3v) is 6.98. The molecule has 7 nitrogen and oxygen atoms in total. The quantitative estimate of drug-likeness (QED) is 0.396. The van der Waals surface area contributed by atoms with Gasteiger partial charge in [0.2, 0.25) is 11.8 Å². The van der Waals surface area contributed by atoms with Gasteiger partial charge in [-0.25, -0.2) is 4.90 Å². The van der Waals surface area contributed by atoms with E-state index in [0.29, 0.717) is 22.3 Å². The number of hydrogen-bond donors (Lipinski definition) is 1. The van der Waals surface area contributed by atoms with E-state index in [-0.39, 0.29) is 11.4 Å². The van der Waals surface area contributed by atoms with Gasteiger partial charge in [0.15, 0.2) is 0 Å². The number of carbonyl (C=O) groups excluding carboxylic acids is 2. The molecule has 0 unspecified atom stereocenters. The molecule has 31 heavy (non-hydrogen) atoms. The zero-order valence-electron chi connectivity index (χ0n) is 16.1. The number of hydrogen-bond acceptors (Lipinski definition) is 5. The van der Waals surface area contributed by atoms with Crippen LogP contribution in [0.3, 0.4) is 0 Å². The maximum Gasteiger partial charge on any atom is 0.285 e. The summed E-state index contributed by atoms with van der Waals surface area (Å²) < 4.78 is 0. The Balaban J connectivity index is 1.69. The van der Waals surface area contributed by atoms with Crippen LogP contribution in [0.1, 0.15) is 28.2 Å². The molecular weight excluding hydrogens is 396 g/mol. The average Bonchev–Trinajstić information content (AvgIpc) is 3.05. The summed E-state index contributed by atoms with van der Waals surface area (Å²) in [6.07, 6.45) is 0. The Morgan fingerprint density at radius 3 is 1.97 bits per heavy atom. The first-order valence-corrected chi connectivity index (χ1v) is 9.98. The average molecular weight is 412 g/mol. The van der Waals surface area contributed by atoms with E-state index in [2.05, 4.69) is 0 Å². The van der Waals surface area contributed by atoms with Crippen LogP contribution in [0.25, 0.3) is 0 Å². The minimum atomic E-state index is -1.86. The molecule has 3 aromatic rings. The SMILES string of the molecule is O=C1[C@@H]2[C@@H](C(=O)N1c1ccccc1O)C1c3ccccc3C2([N+](=O)[O-])c2ccccc21. The van der Waals surface area contributed by atoms with Crippen LogP contribution < -0.4 is 4.90 Å². The fourth-order valence-corrected chi connectivity index (χ4v) is 5.93. The molecule has 0 spiro atoms. The monoisotopic (exact) mass is 412 g/mol. The maximum atomic E-state index is 13.7. The minimum Gasteiger partial charge on any atom is -0.506 e. The minimum absolute atomic E-state index is 0.0536. The molecule has 0 radical (unpaired) electrons. The number of phenols is 1. The molecule has 0 saturated carbocycles. The summed E-state index contributed by atoms with van der Waals surface area (Å²) in [6.45, 7) is 0. The summed E-state index contributed by atoms with van der Waals surface area (Å²) in [5, 5.41) is 23.2. The number of para-hydroxylation sites is 2. The molecule has 1 saturated heterocycles. The van der Waals surface area contributed by atoms with Gasteiger partial charge < -0.3 is 5.11 Å². The lowest BCUT2D eigenvalue weighted by molar-refractivity contribution is -0.578. The highest BCUT2D eigenvalue weighted by atomic mass is 16.6. The lowest BCUT2D eigenvalue weighted by Gasteiger charge is -2.48. The van der Waals surface area contributed by atoms with E-state index in [4.69, 9.17) is 0 Å². The van der Waals surface area contributed by atoms with Gasteiger partial charge >= 0.3 is 0 Å². The van der Waals surface area contributed by atoms with E-state index in [9.17, 15) is 24.8 Å². The molecule has 1 fully saturated rings. The standard InChI is InChI=1S/C24H16N2O5/c27-18-12-6-5-11-17(18)25-22(28)20-19-13-7-1-3-9-15(13)24(26(30)31,21(20)23(25)29)16-10-4-2-8-14(16)19/h1-12,19-21,27H/t19?,20-,21-,24?/m0/s1. The van der Waals surface area contributed by atoms with Crippen molar-refractivity contribution in [1.29, 1.82) is 0 Å². The predicted molar refractivity (Wildman–Crippen MR) is 110 cm³/mol. The smallest absolute Gasteiger partial charge is 0.285 e. The molecule has 152 valence electrons. The summed E-state index contributed by atoms with van der Waals surface area (Å²) in [6, 6.07) is 20.1. The van der Waals surface area contributed by atoms with Crippen molar-refractivity contribution in [3.05, 3.63) is 105 Å². The first-order valence-electron chi connectivity index (χ1n) is 9.98. The number of benzene rings is 3. The second-order valence-corrected chi connectivity index (χ2v) is 8.18. The molecule has 7 heteroatoms. The van der Waals surface area contributed by atoms with Crippen molar-refractivity contribution in [3.8, 4) is 5.75 Å². The molecule has 1 heterocycles. The summed E-state index contributed by atoms with van der Waals surface area (Å²) in [5.41, 5.74) is 0.533. The number of nitro groups is 1. The van der Waals surface area contributed by atoms with Crippen LogP contribution in [0.15, 0.2) is 72.8 Å². The van der Waals surface area contributed by atoms with Crippen LogP contribution >= 0.6 is 0 Å². The highest BCUT2D eigenvalue weighted by Gasteiger charge is 2.74. The highest BCUT2D eigenvalue weighted by Crippen LogP contribution is 2.64. The van der Waals surface area contributed by atoms with E-state index in [1.165, 1.54) is 12.1 Å². The third kappa shape index (κ3) is 1.89. The van der Waals surface area contributed by atoms with Gasteiger partial charge in [0.05, 0.1) is 11.6 Å². The van der Waals surface area contributed by atoms with Gasteiger partial charge in [0, 0.05) is 22.0 Å². The lowest BCUT2D eigenvalue weighted by atomic mass is 9.51. The largest absolute Gasteiger partial charge is 0.506 e. The summed E-state index contributed by atoms with van der Waals surface area (Å²) in [5.74, 6) is -3.96. The molecular formula is C24H16N2O5. The number of aromatic hydroxyl groups is 1. The molecule has 3 aromatic carbocycles. The topological polar surface area (TPSA) is 101 Å². The van der Waals surface area contributed by atoms with Crippen molar-refractivity contribution in [2.45, 2.75) is 11.5 Å². The molecule has 7 rings (SSSR count). The molecule has 2 amide bonds. The molecule has 1 aliphatic heterocycles. The van der Waals surface area contributed by atoms with Crippen molar-refractivity contribution >= 4 is 17.5 Å². The normalized spacial score (nSPS) is 27.6. The number of imide groups is 1. The van der Waals surface area contributed by atoms with Gasteiger partial charge in [-0.05, 0) is 23.3 Å². The van der Waals surface area contributed by atoms with E-state index in [0.717, 1.165) is 4.90 Å². The van der Waals surface area contributed by atoms with E-state index in [1.54, 1.807) is 48.5 Å². The van der Waals surface area contributed by atoms with Crippen molar-refractivity contribution in [2.24, 2.45) is 11.8 Å². The third-order valence-electron chi connectivity index (χ3n) is 6.98. The summed E-state index contributed by atoms with van der Waals surface area (Å²) in [7, 11) is 0. The number of phenolic OH excluding ortho intramolecular Hbond substituents is 1. The van der Waals surface area contributed by atoms with Gasteiger partial charge in [0.1, 0.15) is 11.7 Å². The first kappa shape index (κ1) is 17.8. The fourth-order valence-electron chi connectivity index (χ4n) is 5.93. The van der Waals surface area contributed by atoms with E-state index < -0.39 is 40.0 Å². The van der Waals surface area contributed by atoms with Gasteiger partial charge in [-0.2, -0.15) is 0 Å². The molecule has 3 aliphatic carbocycles. The van der Waals surface area contributed by atoms with Crippen LogP contribution in [0.5, 0.6) is 5.75 Å². The number of nitrogens with zero attached hydrogens (tertiary/aromatic N) is 2. The van der Waals surface area contributed by atoms with Crippen LogP contribution in [0.4, 0.5) is 5.69 Å². The number of anilines is 1. The van der Waals surface area contributed by atoms with E-state index >= 15 is 0 Å².